The minimum Gasteiger partial charge on any atom is -0.378 e. The predicted molar refractivity (Wildman–Crippen MR) is 72.4 cm³/mol. The lowest BCUT2D eigenvalue weighted by atomic mass is 10.2. The second kappa shape index (κ2) is 4.93. The van der Waals surface area contributed by atoms with E-state index in [9.17, 15) is 0 Å². The number of hydrogen-bond donors (Lipinski definition) is 2. The van der Waals surface area contributed by atoms with Crippen LogP contribution in [0.1, 0.15) is 5.82 Å². The third kappa shape index (κ3) is 2.47. The Morgan fingerprint density at radius 2 is 2.32 bits per heavy atom. The first kappa shape index (κ1) is 11.5. The molecular formula is C13H14N6. The molecule has 0 radical (unpaired) electrons. The maximum absolute atomic E-state index is 4.17. The molecule has 6 nitrogen and oxygen atoms in total. The minimum atomic E-state index is 0.662. The number of H-pyrrole nitrogens is 1. The first-order valence-corrected chi connectivity index (χ1v) is 5.99. The van der Waals surface area contributed by atoms with Gasteiger partial charge in [-0.2, -0.15) is 0 Å². The van der Waals surface area contributed by atoms with Crippen molar-refractivity contribution >= 4 is 5.69 Å². The Kier molecular flexibility index (Phi) is 2.97. The summed E-state index contributed by atoms with van der Waals surface area (Å²) in [7, 11) is 1.93. The molecule has 0 amide bonds. The lowest BCUT2D eigenvalue weighted by Gasteiger charge is -2.06. The Balaban J connectivity index is 1.78. The lowest BCUT2D eigenvalue weighted by Crippen LogP contribution is -2.01. The summed E-state index contributed by atoms with van der Waals surface area (Å²) in [6, 6.07) is 8.08. The van der Waals surface area contributed by atoms with Crippen molar-refractivity contribution in [2.75, 3.05) is 5.32 Å². The molecule has 0 atom stereocenters. The second-order valence-corrected chi connectivity index (χ2v) is 4.24. The largest absolute Gasteiger partial charge is 0.378 e. The molecule has 0 aliphatic heterocycles. The van der Waals surface area contributed by atoms with Crippen LogP contribution in [0, 0.1) is 0 Å². The Morgan fingerprint density at radius 1 is 1.37 bits per heavy atom. The molecule has 0 bridgehead atoms. The molecule has 0 saturated carbocycles. The van der Waals surface area contributed by atoms with E-state index in [2.05, 4.69) is 25.5 Å². The van der Waals surface area contributed by atoms with Crippen LogP contribution in [0.5, 0.6) is 0 Å². The monoisotopic (exact) mass is 254 g/mol. The summed E-state index contributed by atoms with van der Waals surface area (Å²) < 4.78 is 1.89. The third-order valence-corrected chi connectivity index (χ3v) is 2.85. The zero-order valence-electron chi connectivity index (χ0n) is 10.5. The van der Waals surface area contributed by atoms with Crippen molar-refractivity contribution in [1.82, 2.24) is 24.7 Å². The molecule has 19 heavy (non-hydrogen) atoms. The van der Waals surface area contributed by atoms with Gasteiger partial charge in [-0.1, -0.05) is 12.1 Å². The summed E-state index contributed by atoms with van der Waals surface area (Å²) in [6.45, 7) is 0.662. The average molecular weight is 254 g/mol. The first-order chi connectivity index (χ1) is 9.33. The molecule has 2 N–H and O–H groups in total. The number of imidazole rings is 1. The van der Waals surface area contributed by atoms with Gasteiger partial charge in [0.25, 0.3) is 0 Å². The van der Waals surface area contributed by atoms with Crippen LogP contribution in [-0.2, 0) is 13.6 Å². The summed E-state index contributed by atoms with van der Waals surface area (Å²) in [5, 5.41) is 11.3. The van der Waals surface area contributed by atoms with E-state index in [1.54, 1.807) is 12.5 Å². The van der Waals surface area contributed by atoms with Gasteiger partial charge in [-0.3, -0.25) is 0 Å². The third-order valence-electron chi connectivity index (χ3n) is 2.85. The Bertz CT molecular complexity index is 655. The highest BCUT2D eigenvalue weighted by Crippen LogP contribution is 2.20. The van der Waals surface area contributed by atoms with Gasteiger partial charge < -0.3 is 14.9 Å². The van der Waals surface area contributed by atoms with Crippen LogP contribution in [0.3, 0.4) is 0 Å². The van der Waals surface area contributed by atoms with E-state index < -0.39 is 0 Å². The fraction of sp³-hybridized carbons (Fsp3) is 0.154. The number of aromatic amines is 1. The second-order valence-electron chi connectivity index (χ2n) is 4.24. The van der Waals surface area contributed by atoms with E-state index in [0.717, 1.165) is 22.9 Å². The lowest BCUT2D eigenvalue weighted by molar-refractivity contribution is 0.919. The van der Waals surface area contributed by atoms with Crippen molar-refractivity contribution in [2.24, 2.45) is 7.05 Å². The molecule has 0 fully saturated rings. The van der Waals surface area contributed by atoms with Gasteiger partial charge in [-0.25, -0.2) is 4.98 Å². The van der Waals surface area contributed by atoms with Gasteiger partial charge in [0.05, 0.1) is 6.54 Å². The standard InChI is InChI=1S/C13H14N6/c1-19-9-17-18-13(19)10-3-2-4-11(7-10)16-8-12-14-5-6-15-12/h2-7,9,16H,8H2,1H3,(H,14,15). The number of rotatable bonds is 4. The smallest absolute Gasteiger partial charge is 0.163 e. The van der Waals surface area contributed by atoms with E-state index in [1.807, 2.05) is 42.1 Å². The molecule has 0 unspecified atom stereocenters. The van der Waals surface area contributed by atoms with Crippen LogP contribution in [0.15, 0.2) is 43.0 Å². The molecule has 0 aliphatic rings. The SMILES string of the molecule is Cn1cnnc1-c1cccc(NCc2ncc[nH]2)c1. The van der Waals surface area contributed by atoms with Gasteiger partial charge >= 0.3 is 0 Å². The van der Waals surface area contributed by atoms with Crippen molar-refractivity contribution in [3.8, 4) is 11.4 Å². The summed E-state index contributed by atoms with van der Waals surface area (Å²) in [4.78, 5) is 7.23. The van der Waals surface area contributed by atoms with E-state index >= 15 is 0 Å². The number of hydrogen-bond acceptors (Lipinski definition) is 4. The molecule has 0 saturated heterocycles. The number of nitrogens with one attached hydrogen (secondary N) is 2. The Hall–Kier alpha value is -2.63. The van der Waals surface area contributed by atoms with Crippen molar-refractivity contribution in [1.29, 1.82) is 0 Å². The molecule has 0 aliphatic carbocycles. The average Bonchev–Trinajstić information content (AvgIpc) is 3.08. The van der Waals surface area contributed by atoms with Crippen LogP contribution in [0.4, 0.5) is 5.69 Å². The zero-order valence-corrected chi connectivity index (χ0v) is 10.5. The fourth-order valence-electron chi connectivity index (χ4n) is 1.89. The molecule has 1 aromatic carbocycles. The summed E-state index contributed by atoms with van der Waals surface area (Å²) in [5.74, 6) is 1.76. The van der Waals surface area contributed by atoms with Gasteiger partial charge in [0.2, 0.25) is 0 Å². The van der Waals surface area contributed by atoms with E-state index in [1.165, 1.54) is 0 Å². The van der Waals surface area contributed by atoms with Gasteiger partial charge in [-0.05, 0) is 12.1 Å². The maximum atomic E-state index is 4.17. The summed E-state index contributed by atoms with van der Waals surface area (Å²) >= 11 is 0. The van der Waals surface area contributed by atoms with Gasteiger partial charge in [0.15, 0.2) is 5.82 Å². The highest BCUT2D eigenvalue weighted by atomic mass is 15.2. The number of aryl methyl sites for hydroxylation is 1. The van der Waals surface area contributed by atoms with Crippen LogP contribution < -0.4 is 5.32 Å². The fourth-order valence-corrected chi connectivity index (χ4v) is 1.89. The Morgan fingerprint density at radius 3 is 3.05 bits per heavy atom. The molecule has 3 rings (SSSR count). The highest BCUT2D eigenvalue weighted by Gasteiger charge is 2.05. The number of benzene rings is 1. The van der Waals surface area contributed by atoms with E-state index in [4.69, 9.17) is 0 Å². The van der Waals surface area contributed by atoms with Crippen LogP contribution in [0.25, 0.3) is 11.4 Å². The maximum Gasteiger partial charge on any atom is 0.163 e. The van der Waals surface area contributed by atoms with Crippen LogP contribution >= 0.6 is 0 Å². The van der Waals surface area contributed by atoms with Crippen molar-refractivity contribution < 1.29 is 0 Å². The molecular weight excluding hydrogens is 240 g/mol. The normalized spacial score (nSPS) is 10.6. The molecule has 6 heteroatoms. The number of nitrogens with zero attached hydrogens (tertiary/aromatic N) is 4. The topological polar surface area (TPSA) is 71.4 Å². The molecule has 96 valence electrons. The minimum absolute atomic E-state index is 0.662. The zero-order chi connectivity index (χ0) is 13.1. The number of aromatic nitrogens is 5. The van der Waals surface area contributed by atoms with Crippen LogP contribution in [0.2, 0.25) is 0 Å². The first-order valence-electron chi connectivity index (χ1n) is 5.99. The van der Waals surface area contributed by atoms with Gasteiger partial charge in [0.1, 0.15) is 12.2 Å². The number of anilines is 1. The quantitative estimate of drug-likeness (QED) is 0.745. The summed E-state index contributed by atoms with van der Waals surface area (Å²) in [5.41, 5.74) is 2.06. The van der Waals surface area contributed by atoms with Gasteiger partial charge in [0, 0.05) is 30.7 Å². The highest BCUT2D eigenvalue weighted by molar-refractivity contribution is 5.62. The predicted octanol–water partition coefficient (Wildman–Crippen LogP) is 1.82. The van der Waals surface area contributed by atoms with Crippen molar-refractivity contribution in [2.45, 2.75) is 6.54 Å². The van der Waals surface area contributed by atoms with Crippen LogP contribution in [-0.4, -0.2) is 24.7 Å². The molecule has 0 spiro atoms. The van der Waals surface area contributed by atoms with E-state index in [-0.39, 0.29) is 0 Å². The molecule has 2 heterocycles. The Labute approximate surface area is 110 Å². The molecule has 2 aromatic heterocycles. The van der Waals surface area contributed by atoms with E-state index in [0.29, 0.717) is 6.54 Å². The van der Waals surface area contributed by atoms with Crippen molar-refractivity contribution in [3.05, 3.63) is 48.8 Å². The van der Waals surface area contributed by atoms with Gasteiger partial charge in [-0.15, -0.1) is 10.2 Å². The van der Waals surface area contributed by atoms with Crippen molar-refractivity contribution in [3.63, 3.8) is 0 Å². The summed E-state index contributed by atoms with van der Waals surface area (Å²) in [6.07, 6.45) is 5.25. The molecule has 3 aromatic rings.